The Morgan fingerprint density at radius 1 is 1.33 bits per heavy atom. The van der Waals surface area contributed by atoms with Gasteiger partial charge < -0.3 is 15.8 Å². The maximum Gasteiger partial charge on any atom is 0.404 e. The summed E-state index contributed by atoms with van der Waals surface area (Å²) in [6, 6.07) is 3.85. The summed E-state index contributed by atoms with van der Waals surface area (Å²) in [5.41, 5.74) is 8.69. The fourth-order valence-corrected chi connectivity index (χ4v) is 4.53. The minimum absolute atomic E-state index is 0.101. The van der Waals surface area contributed by atoms with E-state index in [9.17, 15) is 9.59 Å². The van der Waals surface area contributed by atoms with Gasteiger partial charge in [-0.2, -0.15) is 5.10 Å². The zero-order valence-corrected chi connectivity index (χ0v) is 17.6. The minimum atomic E-state index is -0.789. The molecular weight excluding hydrogens is 382 g/mol. The molecule has 2 atom stereocenters. The van der Waals surface area contributed by atoms with Crippen LogP contribution in [0.1, 0.15) is 51.6 Å². The summed E-state index contributed by atoms with van der Waals surface area (Å²) in [4.78, 5) is 28.1. The van der Waals surface area contributed by atoms with Crippen LogP contribution in [0.15, 0.2) is 24.5 Å². The molecular formula is C22H29N5O3. The number of aryl methyl sites for hydroxylation is 1. The highest BCUT2D eigenvalue weighted by atomic mass is 16.6. The van der Waals surface area contributed by atoms with Crippen LogP contribution < -0.4 is 11.1 Å². The maximum atomic E-state index is 12.8. The predicted molar refractivity (Wildman–Crippen MR) is 113 cm³/mol. The second-order valence-corrected chi connectivity index (χ2v) is 9.16. The molecule has 2 aromatic heterocycles. The Hall–Kier alpha value is -2.90. The van der Waals surface area contributed by atoms with Gasteiger partial charge in [-0.3, -0.25) is 9.48 Å². The number of hydrogen-bond acceptors (Lipinski definition) is 5. The Kier molecular flexibility index (Phi) is 5.49. The van der Waals surface area contributed by atoms with Crippen LogP contribution in [0.5, 0.6) is 0 Å². The number of nitrogens with zero attached hydrogens (tertiary/aromatic N) is 3. The molecule has 1 aliphatic heterocycles. The number of nitrogens with one attached hydrogen (secondary N) is 1. The monoisotopic (exact) mass is 411 g/mol. The predicted octanol–water partition coefficient (Wildman–Crippen LogP) is 3.51. The van der Waals surface area contributed by atoms with E-state index in [1.807, 2.05) is 18.3 Å². The summed E-state index contributed by atoms with van der Waals surface area (Å²) >= 11 is 0. The number of aromatic nitrogens is 3. The van der Waals surface area contributed by atoms with Gasteiger partial charge in [-0.05, 0) is 61.6 Å². The van der Waals surface area contributed by atoms with Crippen LogP contribution >= 0.6 is 0 Å². The average Bonchev–Trinajstić information content (AvgIpc) is 3.09. The number of amides is 2. The SMILES string of the molecule is CC1(C)CCn2ncc(-c3ccnc(NC(=O)[C@H]4CCC[C@@H](OC(N)=O)C4)c3)c2C1. The molecule has 0 saturated heterocycles. The van der Waals surface area contributed by atoms with Gasteiger partial charge in [0.25, 0.3) is 0 Å². The third-order valence-electron chi connectivity index (χ3n) is 6.20. The Morgan fingerprint density at radius 2 is 2.17 bits per heavy atom. The normalized spacial score (nSPS) is 22.7. The van der Waals surface area contributed by atoms with E-state index in [1.54, 1.807) is 6.20 Å². The highest BCUT2D eigenvalue weighted by molar-refractivity contribution is 5.92. The highest BCUT2D eigenvalue weighted by Gasteiger charge is 2.30. The summed E-state index contributed by atoms with van der Waals surface area (Å²) in [6.07, 6.45) is 7.42. The number of anilines is 1. The number of ether oxygens (including phenoxy) is 1. The number of primary amides is 1. The van der Waals surface area contributed by atoms with E-state index < -0.39 is 6.09 Å². The van der Waals surface area contributed by atoms with Crippen LogP contribution in [0.3, 0.4) is 0 Å². The van der Waals surface area contributed by atoms with Gasteiger partial charge in [0.15, 0.2) is 0 Å². The van der Waals surface area contributed by atoms with Crippen molar-refractivity contribution in [3.05, 3.63) is 30.2 Å². The van der Waals surface area contributed by atoms with Crippen molar-refractivity contribution in [2.24, 2.45) is 17.1 Å². The molecule has 2 aliphatic rings. The van der Waals surface area contributed by atoms with E-state index in [-0.39, 0.29) is 23.3 Å². The molecule has 3 N–H and O–H groups in total. The standard InChI is InChI=1S/C22H29N5O3/c1-22(2)7-9-27-18(12-22)17(13-25-27)14-6-8-24-19(11-14)26-20(28)15-4-3-5-16(10-15)30-21(23)29/h6,8,11,13,15-16H,3-5,7,9-10,12H2,1-2H3,(H2,23,29)(H,24,26,28)/t15-,16+/m0/s1. The average molecular weight is 412 g/mol. The van der Waals surface area contributed by atoms with Crippen LogP contribution in [0.25, 0.3) is 11.1 Å². The number of fused-ring (bicyclic) bond motifs is 1. The molecule has 160 valence electrons. The fourth-order valence-electron chi connectivity index (χ4n) is 4.53. The molecule has 30 heavy (non-hydrogen) atoms. The molecule has 0 spiro atoms. The Labute approximate surface area is 176 Å². The first-order valence-corrected chi connectivity index (χ1v) is 10.6. The summed E-state index contributed by atoms with van der Waals surface area (Å²) < 4.78 is 7.18. The molecule has 0 radical (unpaired) electrons. The van der Waals surface area contributed by atoms with Gasteiger partial charge in [0, 0.05) is 29.9 Å². The van der Waals surface area contributed by atoms with Crippen LogP contribution in [0.4, 0.5) is 10.6 Å². The summed E-state index contributed by atoms with van der Waals surface area (Å²) in [7, 11) is 0. The van der Waals surface area contributed by atoms with Crippen molar-refractivity contribution in [2.45, 2.75) is 65.0 Å². The quantitative estimate of drug-likeness (QED) is 0.799. The first-order chi connectivity index (χ1) is 14.3. The summed E-state index contributed by atoms with van der Waals surface area (Å²) in [6.45, 7) is 5.49. The molecule has 1 fully saturated rings. The third-order valence-corrected chi connectivity index (χ3v) is 6.20. The molecule has 0 aromatic carbocycles. The Balaban J connectivity index is 1.48. The minimum Gasteiger partial charge on any atom is -0.446 e. The highest BCUT2D eigenvalue weighted by Crippen LogP contribution is 2.36. The smallest absolute Gasteiger partial charge is 0.404 e. The lowest BCUT2D eigenvalue weighted by Crippen LogP contribution is -2.33. The van der Waals surface area contributed by atoms with Crippen LogP contribution in [-0.4, -0.2) is 32.9 Å². The number of carbonyl (C=O) groups is 2. The van der Waals surface area contributed by atoms with Crippen molar-refractivity contribution in [1.82, 2.24) is 14.8 Å². The van der Waals surface area contributed by atoms with Crippen LogP contribution in [0, 0.1) is 11.3 Å². The largest absolute Gasteiger partial charge is 0.446 e. The molecule has 3 heterocycles. The number of pyridine rings is 1. The summed E-state index contributed by atoms with van der Waals surface area (Å²) in [5, 5.41) is 7.49. The molecule has 0 bridgehead atoms. The zero-order chi connectivity index (χ0) is 21.3. The van der Waals surface area contributed by atoms with Gasteiger partial charge in [-0.15, -0.1) is 0 Å². The lowest BCUT2D eigenvalue weighted by atomic mass is 9.81. The first kappa shape index (κ1) is 20.4. The van der Waals surface area contributed by atoms with E-state index in [0.717, 1.165) is 49.8 Å². The van der Waals surface area contributed by atoms with Gasteiger partial charge in [-0.25, -0.2) is 9.78 Å². The molecule has 4 rings (SSSR count). The number of nitrogens with two attached hydrogens (primary N) is 1. The van der Waals surface area contributed by atoms with Gasteiger partial charge in [0.2, 0.25) is 5.91 Å². The molecule has 2 aromatic rings. The van der Waals surface area contributed by atoms with E-state index >= 15 is 0 Å². The topological polar surface area (TPSA) is 112 Å². The first-order valence-electron chi connectivity index (χ1n) is 10.6. The van der Waals surface area contributed by atoms with Gasteiger partial charge in [0.1, 0.15) is 11.9 Å². The van der Waals surface area contributed by atoms with Gasteiger partial charge >= 0.3 is 6.09 Å². The lowest BCUT2D eigenvalue weighted by molar-refractivity contribution is -0.122. The molecule has 2 amide bonds. The molecule has 8 heteroatoms. The van der Waals surface area contributed by atoms with Crippen molar-refractivity contribution >= 4 is 17.8 Å². The maximum absolute atomic E-state index is 12.8. The van der Waals surface area contributed by atoms with Gasteiger partial charge in [0.05, 0.1) is 6.20 Å². The second-order valence-electron chi connectivity index (χ2n) is 9.16. The Morgan fingerprint density at radius 3 is 2.97 bits per heavy atom. The van der Waals surface area contributed by atoms with Crippen molar-refractivity contribution in [3.8, 4) is 11.1 Å². The lowest BCUT2D eigenvalue weighted by Gasteiger charge is -2.30. The number of rotatable bonds is 4. The molecule has 1 aliphatic carbocycles. The fraction of sp³-hybridized carbons (Fsp3) is 0.545. The van der Waals surface area contributed by atoms with E-state index in [2.05, 4.69) is 33.9 Å². The number of hydrogen-bond donors (Lipinski definition) is 2. The van der Waals surface area contributed by atoms with E-state index in [1.165, 1.54) is 5.69 Å². The van der Waals surface area contributed by atoms with E-state index in [4.69, 9.17) is 10.5 Å². The zero-order valence-electron chi connectivity index (χ0n) is 17.6. The van der Waals surface area contributed by atoms with Crippen molar-refractivity contribution in [2.75, 3.05) is 5.32 Å². The van der Waals surface area contributed by atoms with Crippen molar-refractivity contribution in [1.29, 1.82) is 0 Å². The van der Waals surface area contributed by atoms with Crippen molar-refractivity contribution < 1.29 is 14.3 Å². The number of carbonyl (C=O) groups excluding carboxylic acids is 2. The molecule has 0 unspecified atom stereocenters. The molecule has 1 saturated carbocycles. The molecule has 8 nitrogen and oxygen atoms in total. The van der Waals surface area contributed by atoms with Crippen LogP contribution in [0.2, 0.25) is 0 Å². The summed E-state index contributed by atoms with van der Waals surface area (Å²) in [5.74, 6) is 0.194. The van der Waals surface area contributed by atoms with Crippen molar-refractivity contribution in [3.63, 3.8) is 0 Å². The van der Waals surface area contributed by atoms with E-state index in [0.29, 0.717) is 12.2 Å². The second kappa shape index (κ2) is 8.08. The Bertz CT molecular complexity index is 952. The van der Waals surface area contributed by atoms with Gasteiger partial charge in [-0.1, -0.05) is 13.8 Å². The third kappa shape index (κ3) is 4.47. The van der Waals surface area contributed by atoms with Crippen LogP contribution in [-0.2, 0) is 22.5 Å².